The Morgan fingerprint density at radius 1 is 1.39 bits per heavy atom. The third-order valence-corrected chi connectivity index (χ3v) is 2.34. The van der Waals surface area contributed by atoms with Gasteiger partial charge in [-0.05, 0) is 5.92 Å². The molecule has 0 aliphatic rings. The molecule has 0 heterocycles. The molecule has 5 heteroatoms. The summed E-state index contributed by atoms with van der Waals surface area (Å²) in [5.74, 6) is 0.229. The second kappa shape index (κ2) is 7.06. The van der Waals surface area contributed by atoms with Crippen molar-refractivity contribution in [2.45, 2.75) is 13.8 Å². The molecule has 1 rings (SSSR count). The van der Waals surface area contributed by atoms with Crippen molar-refractivity contribution in [2.24, 2.45) is 5.92 Å². The summed E-state index contributed by atoms with van der Waals surface area (Å²) in [4.78, 5) is 0. The number of nitrogen functional groups attached to an aromatic ring is 1. The zero-order chi connectivity index (χ0) is 13.5. The van der Waals surface area contributed by atoms with Crippen LogP contribution in [0.5, 0.6) is 5.75 Å². The average molecular weight is 256 g/mol. The number of methoxy groups -OCH3 is 1. The van der Waals surface area contributed by atoms with Gasteiger partial charge in [-0.3, -0.25) is 0 Å². The number of anilines is 2. The van der Waals surface area contributed by atoms with Gasteiger partial charge < -0.3 is 20.5 Å². The van der Waals surface area contributed by atoms with Crippen LogP contribution >= 0.6 is 0 Å². The van der Waals surface area contributed by atoms with Crippen molar-refractivity contribution >= 4 is 11.4 Å². The Bertz CT molecular complexity index is 383. The lowest BCUT2D eigenvalue weighted by molar-refractivity contribution is 0.118. The van der Waals surface area contributed by atoms with Gasteiger partial charge in [0.05, 0.1) is 25.1 Å². The molecule has 0 aliphatic carbocycles. The number of hydrogen-bond acceptors (Lipinski definition) is 4. The molecule has 0 amide bonds. The van der Waals surface area contributed by atoms with Crippen LogP contribution in [0.3, 0.4) is 0 Å². The molecule has 0 spiro atoms. The topological polar surface area (TPSA) is 56.5 Å². The molecule has 18 heavy (non-hydrogen) atoms. The molecule has 3 N–H and O–H groups in total. The van der Waals surface area contributed by atoms with Gasteiger partial charge >= 0.3 is 0 Å². The van der Waals surface area contributed by atoms with E-state index in [1.54, 1.807) is 6.07 Å². The number of nitrogens with one attached hydrogen (secondary N) is 1. The number of hydrogen-bond donors (Lipinski definition) is 2. The summed E-state index contributed by atoms with van der Waals surface area (Å²) >= 11 is 0. The number of rotatable bonds is 7. The van der Waals surface area contributed by atoms with Crippen molar-refractivity contribution in [3.05, 3.63) is 17.9 Å². The molecule has 0 unspecified atom stereocenters. The van der Waals surface area contributed by atoms with E-state index in [2.05, 4.69) is 19.2 Å². The highest BCUT2D eigenvalue weighted by molar-refractivity contribution is 5.68. The minimum absolute atomic E-state index is 0.176. The lowest BCUT2D eigenvalue weighted by atomic mass is 10.2. The lowest BCUT2D eigenvalue weighted by Crippen LogP contribution is -2.13. The first-order valence-corrected chi connectivity index (χ1v) is 5.99. The van der Waals surface area contributed by atoms with Gasteiger partial charge in [0.15, 0.2) is 11.6 Å². The van der Waals surface area contributed by atoms with Gasteiger partial charge in [0.25, 0.3) is 0 Å². The average Bonchev–Trinajstić information content (AvgIpc) is 2.30. The van der Waals surface area contributed by atoms with Gasteiger partial charge in [0.2, 0.25) is 0 Å². The molecule has 1 aromatic rings. The molecular formula is C13H21FN2O2. The van der Waals surface area contributed by atoms with Crippen LogP contribution in [0, 0.1) is 11.7 Å². The van der Waals surface area contributed by atoms with E-state index in [0.29, 0.717) is 30.4 Å². The normalized spacial score (nSPS) is 10.7. The van der Waals surface area contributed by atoms with Crippen molar-refractivity contribution in [3.8, 4) is 5.75 Å². The second-order valence-corrected chi connectivity index (χ2v) is 4.47. The third-order valence-electron chi connectivity index (χ3n) is 2.34. The van der Waals surface area contributed by atoms with Gasteiger partial charge in [0, 0.05) is 25.3 Å². The molecule has 0 atom stereocenters. The molecule has 0 saturated carbocycles. The highest BCUT2D eigenvalue weighted by Gasteiger charge is 2.07. The fourth-order valence-electron chi connectivity index (χ4n) is 1.46. The van der Waals surface area contributed by atoms with Crippen molar-refractivity contribution in [1.82, 2.24) is 0 Å². The fraction of sp³-hybridized carbons (Fsp3) is 0.538. The molecule has 0 fully saturated rings. The Morgan fingerprint density at radius 2 is 2.11 bits per heavy atom. The van der Waals surface area contributed by atoms with Gasteiger partial charge in [-0.2, -0.15) is 0 Å². The van der Waals surface area contributed by atoms with Crippen molar-refractivity contribution in [1.29, 1.82) is 0 Å². The predicted molar refractivity (Wildman–Crippen MR) is 71.5 cm³/mol. The zero-order valence-electron chi connectivity index (χ0n) is 11.1. The minimum Gasteiger partial charge on any atom is -0.494 e. The first-order chi connectivity index (χ1) is 8.54. The van der Waals surface area contributed by atoms with Crippen LogP contribution in [0.1, 0.15) is 13.8 Å². The first kappa shape index (κ1) is 14.6. The van der Waals surface area contributed by atoms with E-state index in [0.717, 1.165) is 6.61 Å². The smallest absolute Gasteiger partial charge is 0.167 e. The molecule has 0 aromatic heterocycles. The Kier molecular flexibility index (Phi) is 5.71. The summed E-state index contributed by atoms with van der Waals surface area (Å²) < 4.78 is 23.6. The summed E-state index contributed by atoms with van der Waals surface area (Å²) in [5, 5.41) is 3.09. The van der Waals surface area contributed by atoms with E-state index in [9.17, 15) is 4.39 Å². The van der Waals surface area contributed by atoms with Gasteiger partial charge in [-0.25, -0.2) is 4.39 Å². The maximum atomic E-state index is 13.3. The maximum Gasteiger partial charge on any atom is 0.167 e. The van der Waals surface area contributed by atoms with Crippen LogP contribution in [-0.2, 0) is 4.74 Å². The summed E-state index contributed by atoms with van der Waals surface area (Å²) in [6.45, 7) is 6.11. The Balaban J connectivity index is 2.47. The maximum absolute atomic E-state index is 13.3. The summed E-state index contributed by atoms with van der Waals surface area (Å²) in [6.07, 6.45) is 0. The summed E-state index contributed by atoms with van der Waals surface area (Å²) in [7, 11) is 1.42. The van der Waals surface area contributed by atoms with Gasteiger partial charge in [-0.15, -0.1) is 0 Å². The molecule has 0 radical (unpaired) electrons. The van der Waals surface area contributed by atoms with E-state index < -0.39 is 5.82 Å². The Morgan fingerprint density at radius 3 is 2.72 bits per heavy atom. The molecular weight excluding hydrogens is 235 g/mol. The summed E-state index contributed by atoms with van der Waals surface area (Å²) in [5.41, 5.74) is 6.72. The number of benzene rings is 1. The van der Waals surface area contributed by atoms with Crippen LogP contribution < -0.4 is 15.8 Å². The fourth-order valence-corrected chi connectivity index (χ4v) is 1.46. The van der Waals surface area contributed by atoms with E-state index in [-0.39, 0.29) is 5.75 Å². The first-order valence-electron chi connectivity index (χ1n) is 5.99. The molecule has 0 aliphatic heterocycles. The van der Waals surface area contributed by atoms with Crippen molar-refractivity contribution in [2.75, 3.05) is 37.9 Å². The molecule has 102 valence electrons. The van der Waals surface area contributed by atoms with Crippen LogP contribution in [0.4, 0.5) is 15.8 Å². The molecule has 4 nitrogen and oxygen atoms in total. The van der Waals surface area contributed by atoms with Crippen LogP contribution in [0.2, 0.25) is 0 Å². The quantitative estimate of drug-likeness (QED) is 0.581. The standard InChI is InChI=1S/C13H21FN2O2/c1-9(2)8-18-5-4-16-12-7-13(17-3)10(14)6-11(12)15/h6-7,9,16H,4-5,8,15H2,1-3H3. The second-order valence-electron chi connectivity index (χ2n) is 4.47. The van der Waals surface area contributed by atoms with Crippen molar-refractivity contribution < 1.29 is 13.9 Å². The Labute approximate surface area is 107 Å². The van der Waals surface area contributed by atoms with Crippen LogP contribution in [0.25, 0.3) is 0 Å². The monoisotopic (exact) mass is 256 g/mol. The van der Waals surface area contributed by atoms with Crippen LogP contribution in [0.15, 0.2) is 12.1 Å². The largest absolute Gasteiger partial charge is 0.494 e. The third kappa shape index (κ3) is 4.41. The van der Waals surface area contributed by atoms with E-state index >= 15 is 0 Å². The highest BCUT2D eigenvalue weighted by Crippen LogP contribution is 2.27. The lowest BCUT2D eigenvalue weighted by Gasteiger charge is -2.12. The predicted octanol–water partition coefficient (Wildman–Crippen LogP) is 2.50. The number of nitrogens with two attached hydrogens (primary N) is 1. The molecule has 0 bridgehead atoms. The number of ether oxygens (including phenoxy) is 2. The summed E-state index contributed by atoms with van der Waals surface area (Å²) in [6, 6.07) is 2.79. The minimum atomic E-state index is -0.461. The van der Waals surface area contributed by atoms with Gasteiger partial charge in [-0.1, -0.05) is 13.8 Å². The van der Waals surface area contributed by atoms with Crippen LogP contribution in [-0.4, -0.2) is 26.9 Å². The highest BCUT2D eigenvalue weighted by atomic mass is 19.1. The molecule has 1 aromatic carbocycles. The molecule has 0 saturated heterocycles. The van der Waals surface area contributed by atoms with Gasteiger partial charge in [0.1, 0.15) is 0 Å². The van der Waals surface area contributed by atoms with E-state index in [4.69, 9.17) is 15.2 Å². The van der Waals surface area contributed by atoms with E-state index in [1.165, 1.54) is 13.2 Å². The zero-order valence-corrected chi connectivity index (χ0v) is 11.1. The Hall–Kier alpha value is -1.49. The SMILES string of the molecule is COc1cc(NCCOCC(C)C)c(N)cc1F. The van der Waals surface area contributed by atoms with E-state index in [1.807, 2.05) is 0 Å². The number of halogens is 1. The van der Waals surface area contributed by atoms with Crippen molar-refractivity contribution in [3.63, 3.8) is 0 Å².